The van der Waals surface area contributed by atoms with E-state index in [4.69, 9.17) is 5.73 Å². The van der Waals surface area contributed by atoms with Crippen LogP contribution in [0.1, 0.15) is 5.56 Å². The maximum Gasteiger partial charge on any atom is 0.130 e. The zero-order valence-electron chi connectivity index (χ0n) is 8.94. The molecule has 0 unspecified atom stereocenters. The molecule has 0 amide bonds. The van der Waals surface area contributed by atoms with E-state index in [1.165, 1.54) is 6.07 Å². The van der Waals surface area contributed by atoms with Gasteiger partial charge in [-0.3, -0.25) is 4.68 Å². The summed E-state index contributed by atoms with van der Waals surface area (Å²) in [5, 5.41) is 7.10. The summed E-state index contributed by atoms with van der Waals surface area (Å²) in [6.07, 6.45) is 1.68. The SMILES string of the molecule is Cn1nccc1NCc1ccc(N)cc1F. The molecule has 3 N–H and O–H groups in total. The minimum absolute atomic E-state index is 0.297. The summed E-state index contributed by atoms with van der Waals surface area (Å²) < 4.78 is 15.1. The van der Waals surface area contributed by atoms with Crippen molar-refractivity contribution in [3.63, 3.8) is 0 Å². The predicted molar refractivity (Wildman–Crippen MR) is 61.3 cm³/mol. The van der Waals surface area contributed by atoms with Crippen LogP contribution in [0.15, 0.2) is 30.5 Å². The normalized spacial score (nSPS) is 10.4. The number of halogens is 1. The third-order valence-electron chi connectivity index (χ3n) is 2.36. The van der Waals surface area contributed by atoms with Gasteiger partial charge < -0.3 is 11.1 Å². The summed E-state index contributed by atoms with van der Waals surface area (Å²) in [5.41, 5.74) is 6.48. The second-order valence-corrected chi connectivity index (χ2v) is 3.54. The van der Waals surface area contributed by atoms with Crippen molar-refractivity contribution in [2.45, 2.75) is 6.54 Å². The average Bonchev–Trinajstić information content (AvgIpc) is 2.63. The van der Waals surface area contributed by atoms with Crippen molar-refractivity contribution in [1.82, 2.24) is 9.78 Å². The van der Waals surface area contributed by atoms with Crippen LogP contribution in [-0.2, 0) is 13.6 Å². The summed E-state index contributed by atoms with van der Waals surface area (Å²) >= 11 is 0. The van der Waals surface area contributed by atoms with Crippen LogP contribution >= 0.6 is 0 Å². The monoisotopic (exact) mass is 220 g/mol. The number of rotatable bonds is 3. The van der Waals surface area contributed by atoms with E-state index in [1.54, 1.807) is 23.0 Å². The van der Waals surface area contributed by atoms with Crippen LogP contribution in [0.25, 0.3) is 0 Å². The molecule has 0 atom stereocenters. The Hall–Kier alpha value is -2.04. The maximum absolute atomic E-state index is 13.4. The lowest BCUT2D eigenvalue weighted by Crippen LogP contribution is -2.06. The first kappa shape index (κ1) is 10.5. The first-order valence-electron chi connectivity index (χ1n) is 4.92. The molecule has 5 heteroatoms. The highest BCUT2D eigenvalue weighted by molar-refractivity contribution is 5.42. The van der Waals surface area contributed by atoms with E-state index >= 15 is 0 Å². The van der Waals surface area contributed by atoms with Crippen molar-refractivity contribution >= 4 is 11.5 Å². The fourth-order valence-corrected chi connectivity index (χ4v) is 1.44. The number of nitrogens with two attached hydrogens (primary N) is 1. The van der Waals surface area contributed by atoms with E-state index in [0.29, 0.717) is 17.8 Å². The van der Waals surface area contributed by atoms with Gasteiger partial charge in [-0.25, -0.2) is 4.39 Å². The zero-order chi connectivity index (χ0) is 11.5. The molecule has 4 nitrogen and oxygen atoms in total. The van der Waals surface area contributed by atoms with E-state index in [0.717, 1.165) is 5.82 Å². The van der Waals surface area contributed by atoms with Crippen molar-refractivity contribution in [3.05, 3.63) is 41.8 Å². The molecule has 0 radical (unpaired) electrons. The molecule has 1 aromatic carbocycles. The fourth-order valence-electron chi connectivity index (χ4n) is 1.44. The van der Waals surface area contributed by atoms with E-state index in [9.17, 15) is 4.39 Å². The zero-order valence-corrected chi connectivity index (χ0v) is 8.94. The van der Waals surface area contributed by atoms with Gasteiger partial charge >= 0.3 is 0 Å². The van der Waals surface area contributed by atoms with Gasteiger partial charge in [0, 0.05) is 30.9 Å². The third-order valence-corrected chi connectivity index (χ3v) is 2.36. The van der Waals surface area contributed by atoms with Gasteiger partial charge in [-0.1, -0.05) is 6.07 Å². The largest absolute Gasteiger partial charge is 0.399 e. The van der Waals surface area contributed by atoms with E-state index in [-0.39, 0.29) is 5.82 Å². The molecule has 0 saturated heterocycles. The van der Waals surface area contributed by atoms with E-state index in [1.807, 2.05) is 13.1 Å². The Labute approximate surface area is 92.9 Å². The summed E-state index contributed by atoms with van der Waals surface area (Å²) in [4.78, 5) is 0. The van der Waals surface area contributed by atoms with Gasteiger partial charge in [0.2, 0.25) is 0 Å². The quantitative estimate of drug-likeness (QED) is 0.775. The number of anilines is 2. The Balaban J connectivity index is 2.08. The number of hydrogen-bond acceptors (Lipinski definition) is 3. The number of nitrogens with zero attached hydrogens (tertiary/aromatic N) is 2. The molecule has 0 fully saturated rings. The number of nitrogens with one attached hydrogen (secondary N) is 1. The maximum atomic E-state index is 13.4. The lowest BCUT2D eigenvalue weighted by molar-refractivity contribution is 0.613. The minimum atomic E-state index is -0.297. The first-order chi connectivity index (χ1) is 7.66. The molecule has 0 aliphatic heterocycles. The summed E-state index contributed by atoms with van der Waals surface area (Å²) in [6.45, 7) is 0.408. The number of benzene rings is 1. The van der Waals surface area contributed by atoms with E-state index in [2.05, 4.69) is 10.4 Å². The fraction of sp³-hybridized carbons (Fsp3) is 0.182. The van der Waals surface area contributed by atoms with Crippen LogP contribution in [0.3, 0.4) is 0 Å². The molecule has 2 rings (SSSR count). The van der Waals surface area contributed by atoms with E-state index < -0.39 is 0 Å². The number of hydrogen-bond donors (Lipinski definition) is 2. The summed E-state index contributed by atoms with van der Waals surface area (Å²) in [7, 11) is 1.82. The van der Waals surface area contributed by atoms with Crippen molar-refractivity contribution in [2.75, 3.05) is 11.1 Å². The van der Waals surface area contributed by atoms with Crippen LogP contribution in [0.4, 0.5) is 15.9 Å². The van der Waals surface area contributed by atoms with Crippen molar-refractivity contribution in [2.24, 2.45) is 7.05 Å². The van der Waals surface area contributed by atoms with Crippen LogP contribution in [0, 0.1) is 5.82 Å². The first-order valence-corrected chi connectivity index (χ1v) is 4.92. The number of nitrogen functional groups attached to an aromatic ring is 1. The molecule has 1 heterocycles. The average molecular weight is 220 g/mol. The molecule has 0 spiro atoms. The van der Waals surface area contributed by atoms with Crippen molar-refractivity contribution < 1.29 is 4.39 Å². The molecular formula is C11H13FN4. The summed E-state index contributed by atoms with van der Waals surface area (Å²) in [5.74, 6) is 0.547. The Morgan fingerprint density at radius 3 is 2.88 bits per heavy atom. The predicted octanol–water partition coefficient (Wildman–Crippen LogP) is 1.75. The Morgan fingerprint density at radius 2 is 2.25 bits per heavy atom. The second-order valence-electron chi connectivity index (χ2n) is 3.54. The van der Waals surface area contributed by atoms with Crippen LogP contribution < -0.4 is 11.1 Å². The topological polar surface area (TPSA) is 55.9 Å². The van der Waals surface area contributed by atoms with Gasteiger partial charge in [0.15, 0.2) is 0 Å². The summed E-state index contributed by atoms with van der Waals surface area (Å²) in [6, 6.07) is 6.51. The Bertz CT molecular complexity index is 492. The minimum Gasteiger partial charge on any atom is -0.399 e. The van der Waals surface area contributed by atoms with Gasteiger partial charge in [-0.2, -0.15) is 5.10 Å². The molecule has 0 aliphatic carbocycles. The van der Waals surface area contributed by atoms with Gasteiger partial charge in [0.1, 0.15) is 11.6 Å². The number of aryl methyl sites for hydroxylation is 1. The third kappa shape index (κ3) is 2.13. The number of aromatic nitrogens is 2. The molecule has 1 aromatic heterocycles. The molecule has 0 saturated carbocycles. The molecule has 0 aliphatic rings. The Morgan fingerprint density at radius 1 is 1.44 bits per heavy atom. The Kier molecular flexibility index (Phi) is 2.76. The van der Waals surface area contributed by atoms with Gasteiger partial charge in [0.25, 0.3) is 0 Å². The van der Waals surface area contributed by atoms with Gasteiger partial charge in [-0.15, -0.1) is 0 Å². The molecule has 84 valence electrons. The van der Waals surface area contributed by atoms with Crippen LogP contribution in [-0.4, -0.2) is 9.78 Å². The molecular weight excluding hydrogens is 207 g/mol. The molecule has 2 aromatic rings. The molecule has 0 bridgehead atoms. The highest BCUT2D eigenvalue weighted by atomic mass is 19.1. The van der Waals surface area contributed by atoms with Crippen LogP contribution in [0.5, 0.6) is 0 Å². The standard InChI is InChI=1S/C11H13FN4/c1-16-11(4-5-15-16)14-7-8-2-3-9(13)6-10(8)12/h2-6,14H,7,13H2,1H3. The lowest BCUT2D eigenvalue weighted by atomic mass is 10.2. The van der Waals surface area contributed by atoms with Gasteiger partial charge in [0.05, 0.1) is 6.20 Å². The highest BCUT2D eigenvalue weighted by Crippen LogP contribution is 2.13. The van der Waals surface area contributed by atoms with Crippen molar-refractivity contribution in [3.8, 4) is 0 Å². The molecule has 16 heavy (non-hydrogen) atoms. The van der Waals surface area contributed by atoms with Crippen molar-refractivity contribution in [1.29, 1.82) is 0 Å². The smallest absolute Gasteiger partial charge is 0.130 e. The highest BCUT2D eigenvalue weighted by Gasteiger charge is 2.03. The second kappa shape index (κ2) is 4.22. The van der Waals surface area contributed by atoms with Gasteiger partial charge in [-0.05, 0) is 12.1 Å². The lowest BCUT2D eigenvalue weighted by Gasteiger charge is -2.07. The van der Waals surface area contributed by atoms with Crippen LogP contribution in [0.2, 0.25) is 0 Å².